The molecule has 1 atom stereocenters. The molecule has 164 valence electrons. The second-order valence-corrected chi connectivity index (χ2v) is 9.62. The Labute approximate surface area is 193 Å². The van der Waals surface area contributed by atoms with Crippen molar-refractivity contribution < 1.29 is 12.8 Å². The number of rotatable bonds is 9. The van der Waals surface area contributed by atoms with Crippen LogP contribution in [0.2, 0.25) is 5.02 Å². The van der Waals surface area contributed by atoms with Crippen LogP contribution in [0, 0.1) is 5.82 Å². The van der Waals surface area contributed by atoms with Gasteiger partial charge in [-0.2, -0.15) is 5.10 Å². The number of benzene rings is 2. The van der Waals surface area contributed by atoms with Gasteiger partial charge in [-0.1, -0.05) is 33.6 Å². The Bertz CT molecular complexity index is 1150. The van der Waals surface area contributed by atoms with E-state index in [2.05, 4.69) is 41.5 Å². The molecule has 0 aliphatic heterocycles. The number of halogens is 3. The van der Waals surface area contributed by atoms with Crippen LogP contribution in [0.1, 0.15) is 18.5 Å². The second kappa shape index (κ2) is 10.4. The van der Waals surface area contributed by atoms with Crippen LogP contribution in [-0.4, -0.2) is 31.7 Å². The van der Waals surface area contributed by atoms with Gasteiger partial charge in [0.1, 0.15) is 11.6 Å². The summed E-state index contributed by atoms with van der Waals surface area (Å²) in [7, 11) is -3.93. The highest BCUT2D eigenvalue weighted by molar-refractivity contribution is 9.10. The molecule has 0 fully saturated rings. The number of anilines is 2. The molecule has 31 heavy (non-hydrogen) atoms. The maximum Gasteiger partial charge on any atom is 0.241 e. The lowest BCUT2D eigenvalue weighted by Gasteiger charge is -2.17. The van der Waals surface area contributed by atoms with Gasteiger partial charge in [0, 0.05) is 34.8 Å². The van der Waals surface area contributed by atoms with E-state index in [0.717, 1.165) is 6.07 Å². The summed E-state index contributed by atoms with van der Waals surface area (Å²) in [4.78, 5) is -0.162. The minimum atomic E-state index is -3.93. The molecule has 0 bridgehead atoms. The Morgan fingerprint density at radius 2 is 1.90 bits per heavy atom. The molecular weight excluding hydrogens is 509 g/mol. The van der Waals surface area contributed by atoms with Gasteiger partial charge in [0.15, 0.2) is 0 Å². The van der Waals surface area contributed by atoms with Crippen molar-refractivity contribution in [1.82, 2.24) is 14.9 Å². The lowest BCUT2D eigenvalue weighted by atomic mass is 10.1. The topological polar surface area (TPSA) is 96.0 Å². The summed E-state index contributed by atoms with van der Waals surface area (Å²) in [5.74, 6) is -0.0542. The standard InChI is InChI=1S/C20H20BrClFN5O2S/c1-13(16-6-4-14(22)11-17(16)21)28-31(29,30)15-5-7-19(18(23)12-15)24-9-10-25-20-3-2-8-26-27-20/h2-8,11-13,24,28H,9-10H2,1H3,(H,25,27)/t13-/m1/s1. The molecule has 0 saturated carbocycles. The van der Waals surface area contributed by atoms with E-state index in [0.29, 0.717) is 34.0 Å². The summed E-state index contributed by atoms with van der Waals surface area (Å²) in [6, 6.07) is 11.8. The van der Waals surface area contributed by atoms with E-state index in [1.807, 2.05) is 0 Å². The molecule has 11 heteroatoms. The number of hydrogen-bond donors (Lipinski definition) is 3. The molecular formula is C20H20BrClFN5O2S. The molecule has 1 heterocycles. The Morgan fingerprint density at radius 3 is 2.58 bits per heavy atom. The van der Waals surface area contributed by atoms with Crippen LogP contribution in [0.25, 0.3) is 0 Å². The summed E-state index contributed by atoms with van der Waals surface area (Å²) in [5, 5.41) is 14.1. The number of nitrogens with one attached hydrogen (secondary N) is 3. The molecule has 0 spiro atoms. The monoisotopic (exact) mass is 527 g/mol. The third-order valence-corrected chi connectivity index (χ3v) is 6.79. The van der Waals surface area contributed by atoms with Crippen molar-refractivity contribution in [2.45, 2.75) is 17.9 Å². The molecule has 0 radical (unpaired) electrons. The van der Waals surface area contributed by atoms with Crippen molar-refractivity contribution in [3.05, 3.63) is 75.6 Å². The highest BCUT2D eigenvalue weighted by Crippen LogP contribution is 2.28. The zero-order valence-corrected chi connectivity index (χ0v) is 19.6. The minimum absolute atomic E-state index is 0.162. The molecule has 0 saturated heterocycles. The third kappa shape index (κ3) is 6.36. The van der Waals surface area contributed by atoms with E-state index in [9.17, 15) is 12.8 Å². The van der Waals surface area contributed by atoms with Crippen molar-refractivity contribution in [3.8, 4) is 0 Å². The van der Waals surface area contributed by atoms with Gasteiger partial charge in [0.05, 0.1) is 10.6 Å². The molecule has 7 nitrogen and oxygen atoms in total. The molecule has 0 aliphatic rings. The molecule has 0 aliphatic carbocycles. The van der Waals surface area contributed by atoms with Gasteiger partial charge in [-0.15, -0.1) is 5.10 Å². The van der Waals surface area contributed by atoms with Crippen LogP contribution in [0.5, 0.6) is 0 Å². The lowest BCUT2D eigenvalue weighted by Crippen LogP contribution is -2.27. The second-order valence-electron chi connectivity index (χ2n) is 6.61. The van der Waals surface area contributed by atoms with Gasteiger partial charge >= 0.3 is 0 Å². The first-order valence-corrected chi connectivity index (χ1v) is 11.9. The molecule has 3 rings (SSSR count). The fourth-order valence-corrected chi connectivity index (χ4v) is 5.07. The number of aromatic nitrogens is 2. The maximum atomic E-state index is 14.5. The lowest BCUT2D eigenvalue weighted by molar-refractivity contribution is 0.564. The van der Waals surface area contributed by atoms with Gasteiger partial charge in [0.25, 0.3) is 0 Å². The number of sulfonamides is 1. The molecule has 0 amide bonds. The predicted molar refractivity (Wildman–Crippen MR) is 123 cm³/mol. The highest BCUT2D eigenvalue weighted by atomic mass is 79.9. The van der Waals surface area contributed by atoms with Crippen LogP contribution in [0.3, 0.4) is 0 Å². The molecule has 3 aromatic rings. The van der Waals surface area contributed by atoms with Crippen molar-refractivity contribution in [2.75, 3.05) is 23.7 Å². The van der Waals surface area contributed by atoms with Gasteiger partial charge in [-0.05, 0) is 55.0 Å². The molecule has 3 N–H and O–H groups in total. The number of hydrogen-bond acceptors (Lipinski definition) is 6. The van der Waals surface area contributed by atoms with E-state index in [1.54, 1.807) is 43.5 Å². The van der Waals surface area contributed by atoms with Crippen molar-refractivity contribution >= 4 is 49.1 Å². The normalized spacial score (nSPS) is 12.4. The first kappa shape index (κ1) is 23.4. The largest absolute Gasteiger partial charge is 0.381 e. The average molecular weight is 529 g/mol. The van der Waals surface area contributed by atoms with Crippen LogP contribution >= 0.6 is 27.5 Å². The summed E-state index contributed by atoms with van der Waals surface area (Å²) < 4.78 is 43.1. The minimum Gasteiger partial charge on any atom is -0.381 e. The zero-order chi connectivity index (χ0) is 22.4. The first-order valence-electron chi connectivity index (χ1n) is 9.28. The zero-order valence-electron chi connectivity index (χ0n) is 16.4. The van der Waals surface area contributed by atoms with Crippen LogP contribution in [-0.2, 0) is 10.0 Å². The predicted octanol–water partition coefficient (Wildman–Crippen LogP) is 4.60. The SMILES string of the molecule is C[C@@H](NS(=O)(=O)c1ccc(NCCNc2cccnn2)c(F)c1)c1ccc(Cl)cc1Br. The molecule has 0 unspecified atom stereocenters. The summed E-state index contributed by atoms with van der Waals surface area (Å²) in [6.45, 7) is 2.58. The molecule has 1 aromatic heterocycles. The number of nitrogens with zero attached hydrogens (tertiary/aromatic N) is 2. The fourth-order valence-electron chi connectivity index (χ4n) is 2.81. The van der Waals surface area contributed by atoms with Crippen molar-refractivity contribution in [2.24, 2.45) is 0 Å². The summed E-state index contributed by atoms with van der Waals surface area (Å²) in [6.07, 6.45) is 1.57. The summed E-state index contributed by atoms with van der Waals surface area (Å²) in [5.41, 5.74) is 0.913. The van der Waals surface area contributed by atoms with Crippen LogP contribution < -0.4 is 15.4 Å². The smallest absolute Gasteiger partial charge is 0.241 e. The van der Waals surface area contributed by atoms with E-state index in [4.69, 9.17) is 11.6 Å². The van der Waals surface area contributed by atoms with Gasteiger partial charge in [-0.25, -0.2) is 17.5 Å². The van der Waals surface area contributed by atoms with Crippen LogP contribution in [0.4, 0.5) is 15.9 Å². The Kier molecular flexibility index (Phi) is 7.82. The Morgan fingerprint density at radius 1 is 1.13 bits per heavy atom. The van der Waals surface area contributed by atoms with Gasteiger partial charge in [0.2, 0.25) is 10.0 Å². The Hall–Kier alpha value is -2.27. The quantitative estimate of drug-likeness (QED) is 0.352. The van der Waals surface area contributed by atoms with E-state index in [1.165, 1.54) is 12.1 Å². The average Bonchev–Trinajstić information content (AvgIpc) is 2.72. The van der Waals surface area contributed by atoms with Crippen LogP contribution in [0.15, 0.2) is 64.1 Å². The van der Waals surface area contributed by atoms with Gasteiger partial charge < -0.3 is 10.6 Å². The summed E-state index contributed by atoms with van der Waals surface area (Å²) >= 11 is 9.31. The van der Waals surface area contributed by atoms with E-state index >= 15 is 0 Å². The fraction of sp³-hybridized carbons (Fsp3) is 0.200. The highest BCUT2D eigenvalue weighted by Gasteiger charge is 2.21. The van der Waals surface area contributed by atoms with E-state index in [-0.39, 0.29) is 10.6 Å². The first-order chi connectivity index (χ1) is 14.8. The van der Waals surface area contributed by atoms with Gasteiger partial charge in [-0.3, -0.25) is 0 Å². The Balaban J connectivity index is 1.62. The van der Waals surface area contributed by atoms with E-state index < -0.39 is 21.9 Å². The van der Waals surface area contributed by atoms with Crippen molar-refractivity contribution in [1.29, 1.82) is 0 Å². The maximum absolute atomic E-state index is 14.5. The van der Waals surface area contributed by atoms with Crippen molar-refractivity contribution in [3.63, 3.8) is 0 Å². The third-order valence-electron chi connectivity index (χ3n) is 4.33. The molecule has 2 aromatic carbocycles.